The van der Waals surface area contributed by atoms with E-state index in [9.17, 15) is 13.2 Å². The van der Waals surface area contributed by atoms with E-state index < -0.39 is 10.0 Å². The third-order valence-electron chi connectivity index (χ3n) is 3.30. The summed E-state index contributed by atoms with van der Waals surface area (Å²) in [6.45, 7) is 2.52. The maximum absolute atomic E-state index is 11.9. The van der Waals surface area contributed by atoms with Crippen LogP contribution in [-0.4, -0.2) is 48.5 Å². The van der Waals surface area contributed by atoms with Crippen LogP contribution in [0.5, 0.6) is 0 Å². The molecule has 0 saturated carbocycles. The average molecular weight is 318 g/mol. The van der Waals surface area contributed by atoms with Crippen LogP contribution in [0, 0.1) is 0 Å². The van der Waals surface area contributed by atoms with Crippen LogP contribution in [0.15, 0.2) is 5.38 Å². The molecule has 20 heavy (non-hydrogen) atoms. The van der Waals surface area contributed by atoms with Crippen LogP contribution in [0.25, 0.3) is 0 Å². The second-order valence-corrected chi connectivity index (χ2v) is 7.77. The number of carbonyl (C=O) groups excluding carboxylic acids is 1. The predicted molar refractivity (Wildman–Crippen MR) is 78.0 cm³/mol. The molecule has 1 fully saturated rings. The van der Waals surface area contributed by atoms with Gasteiger partial charge in [-0.25, -0.2) is 17.7 Å². The minimum absolute atomic E-state index is 0.0197. The Labute approximate surface area is 122 Å². The van der Waals surface area contributed by atoms with Crippen molar-refractivity contribution in [3.8, 4) is 0 Å². The largest absolute Gasteiger partial charge is 0.375 e. The zero-order valence-electron chi connectivity index (χ0n) is 11.2. The lowest BCUT2D eigenvalue weighted by atomic mass is 10.1. The molecular formula is C11H18N4O3S2. The lowest BCUT2D eigenvalue weighted by Gasteiger charge is -2.31. The number of aromatic nitrogens is 1. The molecule has 9 heteroatoms. The van der Waals surface area contributed by atoms with Crippen LogP contribution in [0.2, 0.25) is 0 Å². The fourth-order valence-corrected chi connectivity index (χ4v) is 3.79. The second kappa shape index (κ2) is 6.06. The molecule has 0 bridgehead atoms. The quantitative estimate of drug-likeness (QED) is 0.829. The van der Waals surface area contributed by atoms with Gasteiger partial charge in [0.05, 0.1) is 5.75 Å². The van der Waals surface area contributed by atoms with Crippen LogP contribution in [-0.2, 0) is 10.0 Å². The number of rotatable bonds is 4. The van der Waals surface area contributed by atoms with Crippen molar-refractivity contribution in [2.75, 3.05) is 24.6 Å². The van der Waals surface area contributed by atoms with E-state index in [4.69, 9.17) is 5.73 Å². The molecule has 1 aromatic rings. The molecule has 1 aliphatic rings. The minimum Gasteiger partial charge on any atom is -0.375 e. The number of nitrogens with two attached hydrogens (primary N) is 1. The van der Waals surface area contributed by atoms with Crippen molar-refractivity contribution in [1.29, 1.82) is 0 Å². The van der Waals surface area contributed by atoms with E-state index >= 15 is 0 Å². The standard InChI is InChI=1S/C11H18N4O3S2/c1-2-20(17,18)15-5-3-8(4-6-15)13-10(16)9-7-19-11(12)14-9/h7-8H,2-6H2,1H3,(H2,12,14)(H,13,16). The Morgan fingerprint density at radius 2 is 2.20 bits per heavy atom. The van der Waals surface area contributed by atoms with E-state index in [1.54, 1.807) is 12.3 Å². The highest BCUT2D eigenvalue weighted by molar-refractivity contribution is 7.89. The highest BCUT2D eigenvalue weighted by Gasteiger charge is 2.27. The molecule has 0 unspecified atom stereocenters. The summed E-state index contributed by atoms with van der Waals surface area (Å²) < 4.78 is 24.9. The first-order chi connectivity index (χ1) is 9.42. The molecule has 1 aromatic heterocycles. The molecule has 112 valence electrons. The summed E-state index contributed by atoms with van der Waals surface area (Å²) in [4.78, 5) is 15.8. The second-order valence-electron chi connectivity index (χ2n) is 4.62. The number of anilines is 1. The topological polar surface area (TPSA) is 105 Å². The van der Waals surface area contributed by atoms with Gasteiger partial charge >= 0.3 is 0 Å². The number of nitrogens with one attached hydrogen (secondary N) is 1. The Balaban J connectivity index is 1.87. The van der Waals surface area contributed by atoms with Gasteiger partial charge in [0.25, 0.3) is 5.91 Å². The average Bonchev–Trinajstić information content (AvgIpc) is 2.86. The van der Waals surface area contributed by atoms with Gasteiger partial charge in [-0.15, -0.1) is 11.3 Å². The summed E-state index contributed by atoms with van der Waals surface area (Å²) in [5.41, 5.74) is 5.80. The normalized spacial score (nSPS) is 18.1. The minimum atomic E-state index is -3.13. The number of amides is 1. The van der Waals surface area contributed by atoms with Crippen LogP contribution >= 0.6 is 11.3 Å². The smallest absolute Gasteiger partial charge is 0.271 e. The number of carbonyl (C=O) groups is 1. The number of nitrogen functional groups attached to an aromatic ring is 1. The van der Waals surface area contributed by atoms with Gasteiger partial charge in [0, 0.05) is 24.5 Å². The zero-order chi connectivity index (χ0) is 14.8. The Bertz CT molecular complexity index is 576. The monoisotopic (exact) mass is 318 g/mol. The fourth-order valence-electron chi connectivity index (χ4n) is 2.11. The maximum Gasteiger partial charge on any atom is 0.271 e. The molecule has 2 heterocycles. The highest BCUT2D eigenvalue weighted by atomic mass is 32.2. The molecule has 1 saturated heterocycles. The van der Waals surface area contributed by atoms with Crippen molar-refractivity contribution < 1.29 is 13.2 Å². The van der Waals surface area contributed by atoms with Crippen molar-refractivity contribution in [1.82, 2.24) is 14.6 Å². The van der Waals surface area contributed by atoms with Crippen LogP contribution < -0.4 is 11.1 Å². The van der Waals surface area contributed by atoms with Gasteiger partial charge in [0.1, 0.15) is 5.69 Å². The Kier molecular flexibility index (Phi) is 4.61. The molecule has 1 amide bonds. The van der Waals surface area contributed by atoms with Gasteiger partial charge in [-0.05, 0) is 19.8 Å². The van der Waals surface area contributed by atoms with E-state index in [0.29, 0.717) is 36.8 Å². The van der Waals surface area contributed by atoms with E-state index in [-0.39, 0.29) is 17.7 Å². The van der Waals surface area contributed by atoms with Gasteiger partial charge in [-0.2, -0.15) is 0 Å². The van der Waals surface area contributed by atoms with Crippen molar-refractivity contribution in [2.45, 2.75) is 25.8 Å². The van der Waals surface area contributed by atoms with Gasteiger partial charge in [0.15, 0.2) is 5.13 Å². The van der Waals surface area contributed by atoms with Crippen LogP contribution in [0.3, 0.4) is 0 Å². The summed E-state index contributed by atoms with van der Waals surface area (Å²) in [7, 11) is -3.13. The fraction of sp³-hybridized carbons (Fsp3) is 0.636. The van der Waals surface area contributed by atoms with Gasteiger partial charge in [-0.3, -0.25) is 4.79 Å². The first kappa shape index (κ1) is 15.2. The third-order valence-corrected chi connectivity index (χ3v) is 5.86. The lowest BCUT2D eigenvalue weighted by molar-refractivity contribution is 0.0919. The SMILES string of the molecule is CCS(=O)(=O)N1CCC(NC(=O)c2csc(N)n2)CC1. The van der Waals surface area contributed by atoms with Gasteiger partial charge < -0.3 is 11.1 Å². The number of hydrogen-bond acceptors (Lipinski definition) is 6. The molecule has 7 nitrogen and oxygen atoms in total. The Hall–Kier alpha value is -1.19. The first-order valence-electron chi connectivity index (χ1n) is 6.42. The first-order valence-corrected chi connectivity index (χ1v) is 8.91. The number of piperidine rings is 1. The molecule has 0 aromatic carbocycles. The molecular weight excluding hydrogens is 300 g/mol. The molecule has 3 N–H and O–H groups in total. The molecule has 0 atom stereocenters. The number of hydrogen-bond donors (Lipinski definition) is 2. The van der Waals surface area contributed by atoms with Crippen molar-refractivity contribution >= 4 is 32.4 Å². The molecule has 0 spiro atoms. The van der Waals surface area contributed by atoms with Crippen LogP contribution in [0.1, 0.15) is 30.3 Å². The summed E-state index contributed by atoms with van der Waals surface area (Å²) >= 11 is 1.22. The van der Waals surface area contributed by atoms with Crippen molar-refractivity contribution in [3.63, 3.8) is 0 Å². The van der Waals surface area contributed by atoms with E-state index in [2.05, 4.69) is 10.3 Å². The van der Waals surface area contributed by atoms with E-state index in [1.165, 1.54) is 15.6 Å². The van der Waals surface area contributed by atoms with Crippen molar-refractivity contribution in [2.24, 2.45) is 0 Å². The summed E-state index contributed by atoms with van der Waals surface area (Å²) in [6, 6.07) is -0.0197. The number of sulfonamides is 1. The number of thiazole rings is 1. The van der Waals surface area contributed by atoms with Gasteiger partial charge in [0.2, 0.25) is 10.0 Å². The van der Waals surface area contributed by atoms with Gasteiger partial charge in [-0.1, -0.05) is 0 Å². The Morgan fingerprint density at radius 1 is 1.55 bits per heavy atom. The third kappa shape index (κ3) is 3.47. The summed E-state index contributed by atoms with van der Waals surface area (Å²) in [6.07, 6.45) is 1.23. The van der Waals surface area contributed by atoms with E-state index in [0.717, 1.165) is 0 Å². The highest BCUT2D eigenvalue weighted by Crippen LogP contribution is 2.16. The number of nitrogens with zero attached hydrogens (tertiary/aromatic N) is 2. The predicted octanol–water partition coefficient (Wildman–Crippen LogP) is 0.269. The summed E-state index contributed by atoms with van der Waals surface area (Å²) in [5, 5.41) is 4.84. The molecule has 1 aliphatic heterocycles. The molecule has 0 radical (unpaired) electrons. The van der Waals surface area contributed by atoms with Crippen LogP contribution in [0.4, 0.5) is 5.13 Å². The lowest BCUT2D eigenvalue weighted by Crippen LogP contribution is -2.46. The summed E-state index contributed by atoms with van der Waals surface area (Å²) in [5.74, 6) is -0.142. The zero-order valence-corrected chi connectivity index (χ0v) is 12.8. The van der Waals surface area contributed by atoms with E-state index in [1.807, 2.05) is 0 Å². The van der Waals surface area contributed by atoms with Crippen molar-refractivity contribution in [3.05, 3.63) is 11.1 Å². The molecule has 2 rings (SSSR count). The maximum atomic E-state index is 11.9. The molecule has 0 aliphatic carbocycles. The Morgan fingerprint density at radius 3 is 2.70 bits per heavy atom.